The molecule has 0 aliphatic carbocycles. The summed E-state index contributed by atoms with van der Waals surface area (Å²) in [4.78, 5) is 12.2. The molecule has 0 bridgehead atoms. The molecule has 0 unspecified atom stereocenters. The molecule has 0 aliphatic rings. The summed E-state index contributed by atoms with van der Waals surface area (Å²) < 4.78 is 1.01. The summed E-state index contributed by atoms with van der Waals surface area (Å²) in [5.74, 6) is -0.850. The van der Waals surface area contributed by atoms with Gasteiger partial charge >= 0.3 is 5.97 Å². The fraction of sp³-hybridized carbons (Fsp3) is 0.300. The third-order valence-corrected chi connectivity index (χ3v) is 3.10. The molecule has 1 N–H and O–H groups in total. The van der Waals surface area contributed by atoms with Gasteiger partial charge in [-0.25, -0.2) is 4.79 Å². The van der Waals surface area contributed by atoms with E-state index in [-0.39, 0.29) is 0 Å². The van der Waals surface area contributed by atoms with Crippen LogP contribution in [0.3, 0.4) is 0 Å². The van der Waals surface area contributed by atoms with Crippen molar-refractivity contribution in [2.75, 3.05) is 0 Å². The van der Waals surface area contributed by atoms with Crippen molar-refractivity contribution in [3.05, 3.63) is 25.9 Å². The van der Waals surface area contributed by atoms with Crippen LogP contribution in [0.5, 0.6) is 0 Å². The number of aryl methyl sites for hydroxylation is 1. The molecule has 0 saturated carbocycles. The van der Waals surface area contributed by atoms with Crippen LogP contribution in [0.15, 0.2) is 10.5 Å². The normalized spacial score (nSPS) is 11.8. The standard InChI is InChI=1S/C10H11BrO2S/c1-3-7-5-9(10(12)13)14-8(7)4-6(2)11/h4-5H,3H2,1-2H3,(H,12,13)/b6-4+. The van der Waals surface area contributed by atoms with E-state index in [0.717, 1.165) is 21.3 Å². The Morgan fingerprint density at radius 2 is 2.36 bits per heavy atom. The van der Waals surface area contributed by atoms with E-state index in [9.17, 15) is 4.79 Å². The number of rotatable bonds is 3. The first-order valence-corrected chi connectivity index (χ1v) is 5.85. The van der Waals surface area contributed by atoms with Gasteiger partial charge in [0.25, 0.3) is 0 Å². The molecule has 1 rings (SSSR count). The Balaban J connectivity index is 3.15. The first-order valence-electron chi connectivity index (χ1n) is 4.24. The van der Waals surface area contributed by atoms with Gasteiger partial charge in [-0.15, -0.1) is 11.3 Å². The van der Waals surface area contributed by atoms with Crippen molar-refractivity contribution in [3.63, 3.8) is 0 Å². The fourth-order valence-corrected chi connectivity index (χ4v) is 2.60. The van der Waals surface area contributed by atoms with Crippen molar-refractivity contribution >= 4 is 39.3 Å². The molecule has 0 saturated heterocycles. The monoisotopic (exact) mass is 274 g/mol. The predicted octanol–water partition coefficient (Wildman–Crippen LogP) is 3.76. The highest BCUT2D eigenvalue weighted by atomic mass is 79.9. The van der Waals surface area contributed by atoms with Gasteiger partial charge in [-0.05, 0) is 35.5 Å². The Kier molecular flexibility index (Phi) is 3.89. The van der Waals surface area contributed by atoms with E-state index in [4.69, 9.17) is 5.11 Å². The topological polar surface area (TPSA) is 37.3 Å². The molecule has 2 nitrogen and oxygen atoms in total. The minimum absolute atomic E-state index is 0.404. The summed E-state index contributed by atoms with van der Waals surface area (Å²) in [6.07, 6.45) is 2.81. The van der Waals surface area contributed by atoms with Gasteiger partial charge in [0.15, 0.2) is 0 Å². The fourth-order valence-electron chi connectivity index (χ4n) is 1.13. The predicted molar refractivity (Wildman–Crippen MR) is 63.2 cm³/mol. The van der Waals surface area contributed by atoms with Crippen molar-refractivity contribution in [2.45, 2.75) is 20.3 Å². The van der Waals surface area contributed by atoms with Crippen LogP contribution in [-0.2, 0) is 6.42 Å². The molecule has 1 aromatic heterocycles. The summed E-state index contributed by atoms with van der Waals surface area (Å²) in [5.41, 5.74) is 1.09. The van der Waals surface area contributed by atoms with Crippen LogP contribution < -0.4 is 0 Å². The quantitative estimate of drug-likeness (QED) is 0.911. The Labute approximate surface area is 95.4 Å². The molecule has 4 heteroatoms. The van der Waals surface area contributed by atoms with Crippen LogP contribution in [0.2, 0.25) is 0 Å². The Morgan fingerprint density at radius 3 is 2.79 bits per heavy atom. The largest absolute Gasteiger partial charge is 0.477 e. The van der Waals surface area contributed by atoms with Gasteiger partial charge in [0.05, 0.1) is 0 Å². The molecule has 0 aliphatic heterocycles. The maximum absolute atomic E-state index is 10.7. The average molecular weight is 275 g/mol. The maximum atomic E-state index is 10.7. The van der Waals surface area contributed by atoms with E-state index < -0.39 is 5.97 Å². The molecule has 76 valence electrons. The SMILES string of the molecule is CCc1cc(C(=O)O)sc1/C=C(\C)Br. The molecular formula is C10H11BrO2S. The number of hydrogen-bond donors (Lipinski definition) is 1. The second kappa shape index (κ2) is 4.75. The van der Waals surface area contributed by atoms with E-state index >= 15 is 0 Å². The van der Waals surface area contributed by atoms with Gasteiger partial charge in [0.2, 0.25) is 0 Å². The smallest absolute Gasteiger partial charge is 0.345 e. The van der Waals surface area contributed by atoms with E-state index in [0.29, 0.717) is 4.88 Å². The Morgan fingerprint density at radius 1 is 1.71 bits per heavy atom. The number of carboxylic acids is 1. The van der Waals surface area contributed by atoms with E-state index in [1.807, 2.05) is 19.9 Å². The molecular weight excluding hydrogens is 264 g/mol. The summed E-state index contributed by atoms with van der Waals surface area (Å²) in [5, 5.41) is 8.83. The van der Waals surface area contributed by atoms with Crippen LogP contribution >= 0.6 is 27.3 Å². The van der Waals surface area contributed by atoms with Crippen molar-refractivity contribution in [2.24, 2.45) is 0 Å². The third kappa shape index (κ3) is 2.69. The zero-order valence-electron chi connectivity index (χ0n) is 8.00. The van der Waals surface area contributed by atoms with Crippen LogP contribution in [0.4, 0.5) is 0 Å². The summed E-state index contributed by atoms with van der Waals surface area (Å²) in [6, 6.07) is 1.74. The highest BCUT2D eigenvalue weighted by molar-refractivity contribution is 9.11. The second-order valence-electron chi connectivity index (χ2n) is 2.89. The summed E-state index contributed by atoms with van der Waals surface area (Å²) >= 11 is 4.66. The number of carboxylic acid groups (broad SMARTS) is 1. The van der Waals surface area contributed by atoms with Gasteiger partial charge in [0.1, 0.15) is 4.88 Å². The first-order chi connectivity index (χ1) is 6.54. The van der Waals surface area contributed by atoms with Crippen molar-refractivity contribution in [3.8, 4) is 0 Å². The lowest BCUT2D eigenvalue weighted by Crippen LogP contribution is -1.90. The van der Waals surface area contributed by atoms with Crippen molar-refractivity contribution in [1.82, 2.24) is 0 Å². The number of hydrogen-bond acceptors (Lipinski definition) is 2. The zero-order valence-corrected chi connectivity index (χ0v) is 10.4. The highest BCUT2D eigenvalue weighted by Gasteiger charge is 2.10. The first kappa shape index (κ1) is 11.5. The van der Waals surface area contributed by atoms with Crippen LogP contribution in [-0.4, -0.2) is 11.1 Å². The van der Waals surface area contributed by atoms with Crippen LogP contribution in [0, 0.1) is 0 Å². The Bertz CT molecular complexity index is 375. The van der Waals surface area contributed by atoms with Gasteiger partial charge in [-0.2, -0.15) is 0 Å². The Hall–Kier alpha value is -0.610. The van der Waals surface area contributed by atoms with Crippen molar-refractivity contribution in [1.29, 1.82) is 0 Å². The highest BCUT2D eigenvalue weighted by Crippen LogP contribution is 2.26. The summed E-state index contributed by atoms with van der Waals surface area (Å²) in [6.45, 7) is 3.95. The number of halogens is 1. The molecule has 0 amide bonds. The molecule has 0 radical (unpaired) electrons. The van der Waals surface area contributed by atoms with Crippen LogP contribution in [0.25, 0.3) is 6.08 Å². The van der Waals surface area contributed by atoms with Crippen LogP contribution in [0.1, 0.15) is 34.0 Å². The van der Waals surface area contributed by atoms with Gasteiger partial charge in [-0.1, -0.05) is 22.9 Å². The van der Waals surface area contributed by atoms with Gasteiger partial charge in [-0.3, -0.25) is 0 Å². The number of allylic oxidation sites excluding steroid dienone is 1. The lowest BCUT2D eigenvalue weighted by molar-refractivity contribution is 0.0702. The molecule has 1 heterocycles. The molecule has 0 spiro atoms. The van der Waals surface area contributed by atoms with E-state index in [2.05, 4.69) is 15.9 Å². The molecule has 1 aromatic rings. The molecule has 0 atom stereocenters. The zero-order chi connectivity index (χ0) is 10.7. The van der Waals surface area contributed by atoms with Gasteiger partial charge < -0.3 is 5.11 Å². The number of aromatic carboxylic acids is 1. The lowest BCUT2D eigenvalue weighted by Gasteiger charge is -1.93. The van der Waals surface area contributed by atoms with Gasteiger partial charge in [0, 0.05) is 4.88 Å². The number of thiophene rings is 1. The van der Waals surface area contributed by atoms with Crippen molar-refractivity contribution < 1.29 is 9.90 Å². The lowest BCUT2D eigenvalue weighted by atomic mass is 10.2. The molecule has 0 fully saturated rings. The minimum atomic E-state index is -0.850. The molecule has 14 heavy (non-hydrogen) atoms. The maximum Gasteiger partial charge on any atom is 0.345 e. The third-order valence-electron chi connectivity index (χ3n) is 1.76. The second-order valence-corrected chi connectivity index (χ2v) is 5.22. The summed E-state index contributed by atoms with van der Waals surface area (Å²) in [7, 11) is 0. The van der Waals surface area contributed by atoms with E-state index in [1.54, 1.807) is 6.07 Å². The average Bonchev–Trinajstić information content (AvgIpc) is 2.46. The number of carbonyl (C=O) groups is 1. The molecule has 0 aromatic carbocycles. The van der Waals surface area contributed by atoms with E-state index in [1.165, 1.54) is 11.3 Å². The minimum Gasteiger partial charge on any atom is -0.477 e.